The molecule has 2 heterocycles. The Morgan fingerprint density at radius 2 is 1.63 bits per heavy atom. The van der Waals surface area contributed by atoms with Gasteiger partial charge >= 0.3 is 0 Å². The van der Waals surface area contributed by atoms with Gasteiger partial charge in [0.15, 0.2) is 11.5 Å². The van der Waals surface area contributed by atoms with Gasteiger partial charge in [-0.2, -0.15) is 0 Å². The highest BCUT2D eigenvalue weighted by molar-refractivity contribution is 5.82. The maximum absolute atomic E-state index is 13.6. The topological polar surface area (TPSA) is 84.1 Å². The fourth-order valence-corrected chi connectivity index (χ4v) is 4.18. The van der Waals surface area contributed by atoms with Crippen molar-refractivity contribution in [3.8, 4) is 28.4 Å². The molecule has 5 rings (SSSR count). The van der Waals surface area contributed by atoms with Crippen LogP contribution >= 0.6 is 0 Å². The summed E-state index contributed by atoms with van der Waals surface area (Å²) in [5.41, 5.74) is 5.02. The van der Waals surface area contributed by atoms with Crippen LogP contribution in [-0.4, -0.2) is 38.8 Å². The molecule has 0 bridgehead atoms. The lowest BCUT2D eigenvalue weighted by Crippen LogP contribution is -2.24. The first-order valence-electron chi connectivity index (χ1n) is 11.2. The van der Waals surface area contributed by atoms with Crippen molar-refractivity contribution in [3.05, 3.63) is 94.2 Å². The summed E-state index contributed by atoms with van der Waals surface area (Å²) in [7, 11) is 3.10. The van der Waals surface area contributed by atoms with E-state index in [4.69, 9.17) is 9.47 Å². The Kier molecular flexibility index (Phi) is 5.78. The lowest BCUT2D eigenvalue weighted by atomic mass is 10.1. The van der Waals surface area contributed by atoms with Crippen molar-refractivity contribution >= 4 is 10.9 Å². The Balaban J connectivity index is 1.57. The second-order valence-corrected chi connectivity index (χ2v) is 8.32. The van der Waals surface area contributed by atoms with Gasteiger partial charge < -0.3 is 9.47 Å². The number of hydrogen-bond acceptors (Lipinski definition) is 6. The lowest BCUT2D eigenvalue weighted by molar-refractivity contribution is 0.355. The molecule has 0 fully saturated rings. The summed E-state index contributed by atoms with van der Waals surface area (Å²) in [5.74, 6) is 1.58. The number of rotatable bonds is 6. The SMILES string of the molecule is COc1cc2nc(C)n(-c3ccccc3Cn3cc(-c4ccc(C)cc4)nn3)c(=O)c2cc1OC. The average molecular weight is 468 g/mol. The van der Waals surface area contributed by atoms with Crippen molar-refractivity contribution in [1.82, 2.24) is 24.5 Å². The number of hydrogen-bond donors (Lipinski definition) is 0. The molecule has 0 N–H and O–H groups in total. The largest absolute Gasteiger partial charge is 0.493 e. The molecule has 0 aliphatic heterocycles. The van der Waals surface area contributed by atoms with Gasteiger partial charge in [-0.3, -0.25) is 9.36 Å². The predicted molar refractivity (Wildman–Crippen MR) is 134 cm³/mol. The third-order valence-corrected chi connectivity index (χ3v) is 5.99. The van der Waals surface area contributed by atoms with Gasteiger partial charge in [0.05, 0.1) is 43.6 Å². The van der Waals surface area contributed by atoms with Gasteiger partial charge in [0.25, 0.3) is 5.56 Å². The van der Waals surface area contributed by atoms with Crippen molar-refractivity contribution in [2.75, 3.05) is 14.2 Å². The number of nitrogens with zero attached hydrogens (tertiary/aromatic N) is 5. The molecule has 0 saturated carbocycles. The molecular weight excluding hydrogens is 442 g/mol. The summed E-state index contributed by atoms with van der Waals surface area (Å²) in [4.78, 5) is 18.3. The van der Waals surface area contributed by atoms with Crippen LogP contribution in [0, 0.1) is 13.8 Å². The smallest absolute Gasteiger partial charge is 0.266 e. The fraction of sp³-hybridized carbons (Fsp3) is 0.185. The molecule has 2 aromatic heterocycles. The maximum Gasteiger partial charge on any atom is 0.266 e. The van der Waals surface area contributed by atoms with Crippen LogP contribution in [-0.2, 0) is 6.54 Å². The second-order valence-electron chi connectivity index (χ2n) is 8.32. The molecule has 5 aromatic rings. The van der Waals surface area contributed by atoms with E-state index in [0.717, 1.165) is 22.5 Å². The van der Waals surface area contributed by atoms with E-state index in [9.17, 15) is 4.79 Å². The van der Waals surface area contributed by atoms with Gasteiger partial charge in [-0.05, 0) is 31.5 Å². The van der Waals surface area contributed by atoms with Crippen molar-refractivity contribution < 1.29 is 9.47 Å². The van der Waals surface area contributed by atoms with Crippen LogP contribution in [0.25, 0.3) is 27.8 Å². The molecule has 0 aliphatic rings. The molecule has 0 spiro atoms. The van der Waals surface area contributed by atoms with Crippen molar-refractivity contribution in [2.45, 2.75) is 20.4 Å². The minimum Gasteiger partial charge on any atom is -0.493 e. The molecule has 176 valence electrons. The minimum absolute atomic E-state index is 0.181. The van der Waals surface area contributed by atoms with Crippen LogP contribution in [0.5, 0.6) is 11.5 Å². The van der Waals surface area contributed by atoms with Crippen LogP contribution in [0.2, 0.25) is 0 Å². The first-order valence-corrected chi connectivity index (χ1v) is 11.2. The van der Waals surface area contributed by atoms with Crippen molar-refractivity contribution in [1.29, 1.82) is 0 Å². The first-order chi connectivity index (χ1) is 17.0. The zero-order chi connectivity index (χ0) is 24.5. The van der Waals surface area contributed by atoms with Gasteiger partial charge in [0.1, 0.15) is 11.5 Å². The summed E-state index contributed by atoms with van der Waals surface area (Å²) >= 11 is 0. The van der Waals surface area contributed by atoms with E-state index in [1.165, 1.54) is 5.56 Å². The summed E-state index contributed by atoms with van der Waals surface area (Å²) in [6, 6.07) is 19.3. The second kappa shape index (κ2) is 9.06. The van der Waals surface area contributed by atoms with Crippen LogP contribution in [0.1, 0.15) is 17.0 Å². The van der Waals surface area contributed by atoms with Crippen LogP contribution < -0.4 is 15.0 Å². The van der Waals surface area contributed by atoms with E-state index in [1.807, 2.05) is 49.5 Å². The quantitative estimate of drug-likeness (QED) is 0.370. The average Bonchev–Trinajstić information content (AvgIpc) is 3.33. The lowest BCUT2D eigenvalue weighted by Gasteiger charge is -2.16. The number of ether oxygens (including phenoxy) is 2. The summed E-state index contributed by atoms with van der Waals surface area (Å²) in [6.07, 6.45) is 1.91. The van der Waals surface area contributed by atoms with Gasteiger partial charge in [0, 0.05) is 11.6 Å². The normalized spacial score (nSPS) is 11.1. The van der Waals surface area contributed by atoms with E-state index < -0.39 is 0 Å². The number of methoxy groups -OCH3 is 2. The third-order valence-electron chi connectivity index (χ3n) is 5.99. The molecule has 0 aliphatic carbocycles. The van der Waals surface area contributed by atoms with Gasteiger partial charge in [-0.25, -0.2) is 9.67 Å². The highest BCUT2D eigenvalue weighted by atomic mass is 16.5. The van der Waals surface area contributed by atoms with Gasteiger partial charge in [-0.15, -0.1) is 5.10 Å². The number of aryl methyl sites for hydroxylation is 2. The number of fused-ring (bicyclic) bond motifs is 1. The molecular formula is C27H25N5O3. The summed E-state index contributed by atoms with van der Waals surface area (Å²) < 4.78 is 14.2. The van der Waals surface area contributed by atoms with E-state index >= 15 is 0 Å². The fourth-order valence-electron chi connectivity index (χ4n) is 4.18. The number of benzene rings is 3. The Bertz CT molecular complexity index is 1590. The standard InChI is InChI=1S/C27H25N5O3/c1-17-9-11-19(12-10-17)23-16-31(30-29-23)15-20-7-5-6-8-24(20)32-18(2)28-22-14-26(35-4)25(34-3)13-21(22)27(32)33/h5-14,16H,15H2,1-4H3. The van der Waals surface area contributed by atoms with Gasteiger partial charge in [0.2, 0.25) is 0 Å². The molecule has 8 heteroatoms. The molecule has 0 amide bonds. The molecule has 0 atom stereocenters. The number of aromatic nitrogens is 5. The van der Waals surface area contributed by atoms with E-state index in [0.29, 0.717) is 34.8 Å². The summed E-state index contributed by atoms with van der Waals surface area (Å²) in [6.45, 7) is 4.32. The third kappa shape index (κ3) is 4.14. The highest BCUT2D eigenvalue weighted by Crippen LogP contribution is 2.30. The van der Waals surface area contributed by atoms with Crippen LogP contribution in [0.4, 0.5) is 0 Å². The van der Waals surface area contributed by atoms with Crippen LogP contribution in [0.3, 0.4) is 0 Å². The molecule has 8 nitrogen and oxygen atoms in total. The van der Waals surface area contributed by atoms with E-state index in [-0.39, 0.29) is 5.56 Å². The molecule has 35 heavy (non-hydrogen) atoms. The maximum atomic E-state index is 13.6. The van der Waals surface area contributed by atoms with Crippen molar-refractivity contribution in [2.24, 2.45) is 0 Å². The summed E-state index contributed by atoms with van der Waals surface area (Å²) in [5, 5.41) is 9.10. The molecule has 0 saturated heterocycles. The highest BCUT2D eigenvalue weighted by Gasteiger charge is 2.16. The molecule has 0 radical (unpaired) electrons. The Labute approximate surface area is 202 Å². The van der Waals surface area contributed by atoms with Crippen molar-refractivity contribution in [3.63, 3.8) is 0 Å². The van der Waals surface area contributed by atoms with Crippen LogP contribution in [0.15, 0.2) is 71.7 Å². The Morgan fingerprint density at radius 3 is 2.37 bits per heavy atom. The van der Waals surface area contributed by atoms with E-state index in [1.54, 1.807) is 35.6 Å². The molecule has 0 unspecified atom stereocenters. The number of para-hydroxylation sites is 1. The Morgan fingerprint density at radius 1 is 0.914 bits per heavy atom. The first kappa shape index (κ1) is 22.3. The zero-order valence-electron chi connectivity index (χ0n) is 20.0. The zero-order valence-corrected chi connectivity index (χ0v) is 20.0. The van der Waals surface area contributed by atoms with Gasteiger partial charge in [-0.1, -0.05) is 53.2 Å². The van der Waals surface area contributed by atoms with E-state index in [2.05, 4.69) is 34.4 Å². The minimum atomic E-state index is -0.181. The monoisotopic (exact) mass is 467 g/mol. The predicted octanol–water partition coefficient (Wildman–Crippen LogP) is 4.33. The Hall–Kier alpha value is -4.46. The molecule has 3 aromatic carbocycles.